The summed E-state index contributed by atoms with van der Waals surface area (Å²) < 4.78 is 26.4. The maximum Gasteiger partial charge on any atom is 0.244 e. The lowest BCUT2D eigenvalue weighted by atomic mass is 10.1. The van der Waals surface area contributed by atoms with Gasteiger partial charge >= 0.3 is 0 Å². The number of carbonyl (C=O) groups is 2. The highest BCUT2D eigenvalue weighted by Gasteiger charge is 2.32. The lowest BCUT2D eigenvalue weighted by Crippen LogP contribution is -2.52. The average Bonchev–Trinajstić information content (AvgIpc) is 2.74. The summed E-state index contributed by atoms with van der Waals surface area (Å²) in [5.41, 5.74) is 2.92. The fourth-order valence-corrected chi connectivity index (χ4v) is 4.61. The predicted molar refractivity (Wildman–Crippen MR) is 133 cm³/mol. The van der Waals surface area contributed by atoms with Gasteiger partial charge in [-0.1, -0.05) is 54.4 Å². The first-order chi connectivity index (χ1) is 15.5. The van der Waals surface area contributed by atoms with Crippen LogP contribution in [0.5, 0.6) is 0 Å². The maximum atomic E-state index is 13.6. The molecule has 0 aliphatic rings. The van der Waals surface area contributed by atoms with E-state index in [4.69, 9.17) is 11.6 Å². The number of amides is 2. The number of carbonyl (C=O) groups excluding carboxylic acids is 2. The van der Waals surface area contributed by atoms with Crippen molar-refractivity contribution >= 4 is 39.1 Å². The average molecular weight is 494 g/mol. The Bertz CT molecular complexity index is 1090. The third-order valence-electron chi connectivity index (χ3n) is 5.33. The Kier molecular flexibility index (Phi) is 9.31. The molecule has 180 valence electrons. The van der Waals surface area contributed by atoms with E-state index in [2.05, 4.69) is 5.32 Å². The number of hydrogen-bond acceptors (Lipinski definition) is 4. The van der Waals surface area contributed by atoms with E-state index in [1.165, 1.54) is 11.0 Å². The minimum atomic E-state index is -3.80. The molecule has 1 atom stereocenters. The first kappa shape index (κ1) is 26.7. The molecule has 0 saturated heterocycles. The molecule has 0 unspecified atom stereocenters. The van der Waals surface area contributed by atoms with Gasteiger partial charge in [-0.3, -0.25) is 13.9 Å². The van der Waals surface area contributed by atoms with E-state index >= 15 is 0 Å². The third kappa shape index (κ3) is 7.20. The van der Waals surface area contributed by atoms with Gasteiger partial charge in [0, 0.05) is 18.1 Å². The van der Waals surface area contributed by atoms with Crippen LogP contribution in [0.15, 0.2) is 42.5 Å². The number of halogens is 1. The SMILES string of the molecule is CCNC(=O)[C@H](CC)N(Cc1ccc(C)cc1)C(=O)CN(c1cc(Cl)ccc1C)S(C)(=O)=O. The quantitative estimate of drug-likeness (QED) is 0.547. The zero-order valence-corrected chi connectivity index (χ0v) is 21.3. The minimum absolute atomic E-state index is 0.181. The summed E-state index contributed by atoms with van der Waals surface area (Å²) in [6.07, 6.45) is 1.44. The number of anilines is 1. The minimum Gasteiger partial charge on any atom is -0.355 e. The van der Waals surface area contributed by atoms with Crippen molar-refractivity contribution in [3.05, 3.63) is 64.2 Å². The van der Waals surface area contributed by atoms with Crippen LogP contribution < -0.4 is 9.62 Å². The van der Waals surface area contributed by atoms with Crippen LogP contribution in [0.1, 0.15) is 37.0 Å². The van der Waals surface area contributed by atoms with E-state index in [0.29, 0.717) is 29.2 Å². The van der Waals surface area contributed by atoms with Gasteiger partial charge in [0.05, 0.1) is 11.9 Å². The largest absolute Gasteiger partial charge is 0.355 e. The van der Waals surface area contributed by atoms with Crippen molar-refractivity contribution in [1.29, 1.82) is 0 Å². The second kappa shape index (κ2) is 11.5. The summed E-state index contributed by atoms with van der Waals surface area (Å²) in [4.78, 5) is 27.8. The second-order valence-electron chi connectivity index (χ2n) is 8.03. The molecule has 0 aliphatic heterocycles. The van der Waals surface area contributed by atoms with Crippen molar-refractivity contribution in [2.75, 3.05) is 23.7 Å². The number of hydrogen-bond donors (Lipinski definition) is 1. The molecule has 0 fully saturated rings. The summed E-state index contributed by atoms with van der Waals surface area (Å²) >= 11 is 6.11. The third-order valence-corrected chi connectivity index (χ3v) is 6.69. The molecule has 33 heavy (non-hydrogen) atoms. The van der Waals surface area contributed by atoms with Crippen LogP contribution >= 0.6 is 11.6 Å². The molecule has 1 N–H and O–H groups in total. The molecular weight excluding hydrogens is 462 g/mol. The van der Waals surface area contributed by atoms with Crippen LogP contribution in [0.25, 0.3) is 0 Å². The summed E-state index contributed by atoms with van der Waals surface area (Å²) in [6.45, 7) is 7.52. The summed E-state index contributed by atoms with van der Waals surface area (Å²) in [6, 6.07) is 11.8. The molecule has 7 nitrogen and oxygen atoms in total. The van der Waals surface area contributed by atoms with Crippen molar-refractivity contribution in [1.82, 2.24) is 10.2 Å². The van der Waals surface area contributed by atoms with Gasteiger partial charge < -0.3 is 10.2 Å². The van der Waals surface area contributed by atoms with E-state index in [1.807, 2.05) is 45.0 Å². The molecular formula is C24H32ClN3O4S. The Morgan fingerprint density at radius 2 is 1.70 bits per heavy atom. The Hall–Kier alpha value is -2.58. The first-order valence-electron chi connectivity index (χ1n) is 10.8. The molecule has 0 bridgehead atoms. The Morgan fingerprint density at radius 1 is 1.06 bits per heavy atom. The van der Waals surface area contributed by atoms with Crippen LogP contribution in [0.4, 0.5) is 5.69 Å². The van der Waals surface area contributed by atoms with Gasteiger partial charge in [-0.2, -0.15) is 0 Å². The Balaban J connectivity index is 2.46. The van der Waals surface area contributed by atoms with E-state index in [9.17, 15) is 18.0 Å². The van der Waals surface area contributed by atoms with E-state index in [-0.39, 0.29) is 12.5 Å². The highest BCUT2D eigenvalue weighted by atomic mass is 35.5. The highest BCUT2D eigenvalue weighted by Crippen LogP contribution is 2.27. The zero-order chi connectivity index (χ0) is 24.8. The van der Waals surface area contributed by atoms with Crippen LogP contribution in [-0.4, -0.2) is 50.5 Å². The highest BCUT2D eigenvalue weighted by molar-refractivity contribution is 7.92. The molecule has 2 rings (SSSR count). The topological polar surface area (TPSA) is 86.8 Å². The Labute approximate surface area is 201 Å². The normalized spacial score (nSPS) is 12.2. The van der Waals surface area contributed by atoms with Crippen molar-refractivity contribution in [3.63, 3.8) is 0 Å². The van der Waals surface area contributed by atoms with Crippen molar-refractivity contribution < 1.29 is 18.0 Å². The molecule has 2 aromatic carbocycles. The second-order valence-corrected chi connectivity index (χ2v) is 10.4. The molecule has 0 spiro atoms. The number of rotatable bonds is 10. The molecule has 0 radical (unpaired) electrons. The number of benzene rings is 2. The summed E-state index contributed by atoms with van der Waals surface area (Å²) in [7, 11) is -3.80. The van der Waals surface area contributed by atoms with Crippen LogP contribution in [0, 0.1) is 13.8 Å². The fraction of sp³-hybridized carbons (Fsp3) is 0.417. The standard InChI is InChI=1S/C24H32ClN3O4S/c1-6-21(24(30)26-7-2)27(15-19-11-8-17(3)9-12-19)23(29)16-28(33(5,31)32)22-14-20(25)13-10-18(22)4/h8-14,21H,6-7,15-16H2,1-5H3,(H,26,30)/t21-/m0/s1. The Morgan fingerprint density at radius 3 is 2.24 bits per heavy atom. The molecule has 2 amide bonds. The van der Waals surface area contributed by atoms with Gasteiger partial charge in [-0.05, 0) is 50.5 Å². The molecule has 0 heterocycles. The number of nitrogens with zero attached hydrogens (tertiary/aromatic N) is 2. The summed E-state index contributed by atoms with van der Waals surface area (Å²) in [5.74, 6) is -0.746. The molecule has 0 aromatic heterocycles. The van der Waals surface area contributed by atoms with Gasteiger partial charge in [0.1, 0.15) is 12.6 Å². The van der Waals surface area contributed by atoms with E-state index in [1.54, 1.807) is 19.1 Å². The molecule has 2 aromatic rings. The van der Waals surface area contributed by atoms with Crippen LogP contribution in [-0.2, 0) is 26.2 Å². The fourth-order valence-electron chi connectivity index (χ4n) is 3.55. The van der Waals surface area contributed by atoms with E-state index < -0.39 is 28.5 Å². The van der Waals surface area contributed by atoms with Gasteiger partial charge in [0.25, 0.3) is 0 Å². The van der Waals surface area contributed by atoms with Crippen molar-refractivity contribution in [2.24, 2.45) is 0 Å². The monoisotopic (exact) mass is 493 g/mol. The van der Waals surface area contributed by atoms with Gasteiger partial charge in [-0.15, -0.1) is 0 Å². The lowest BCUT2D eigenvalue weighted by Gasteiger charge is -2.33. The van der Waals surface area contributed by atoms with Gasteiger partial charge in [0.15, 0.2) is 0 Å². The van der Waals surface area contributed by atoms with Crippen LogP contribution in [0.2, 0.25) is 5.02 Å². The molecule has 0 aliphatic carbocycles. The number of aryl methyl sites for hydroxylation is 2. The first-order valence-corrected chi connectivity index (χ1v) is 13.1. The molecule has 0 saturated carbocycles. The summed E-state index contributed by atoms with van der Waals surface area (Å²) in [5, 5.41) is 3.14. The van der Waals surface area contributed by atoms with Crippen molar-refractivity contribution in [2.45, 2.75) is 46.7 Å². The van der Waals surface area contributed by atoms with Gasteiger partial charge in [-0.25, -0.2) is 8.42 Å². The number of likely N-dealkylation sites (N-methyl/N-ethyl adjacent to an activating group) is 1. The zero-order valence-electron chi connectivity index (χ0n) is 19.8. The smallest absolute Gasteiger partial charge is 0.244 e. The van der Waals surface area contributed by atoms with Crippen molar-refractivity contribution in [3.8, 4) is 0 Å². The number of sulfonamides is 1. The number of nitrogens with one attached hydrogen (secondary N) is 1. The van der Waals surface area contributed by atoms with Crippen LogP contribution in [0.3, 0.4) is 0 Å². The molecule has 9 heteroatoms. The maximum absolute atomic E-state index is 13.6. The van der Waals surface area contributed by atoms with E-state index in [0.717, 1.165) is 21.7 Å². The predicted octanol–water partition coefficient (Wildman–Crippen LogP) is 3.67. The lowest BCUT2D eigenvalue weighted by molar-refractivity contribution is -0.140. The van der Waals surface area contributed by atoms with Gasteiger partial charge in [0.2, 0.25) is 21.8 Å².